The average molecular weight is 357 g/mol. The molecule has 1 aliphatic rings. The lowest BCUT2D eigenvalue weighted by Crippen LogP contribution is -2.53. The highest BCUT2D eigenvalue weighted by Crippen LogP contribution is 2.25. The van der Waals surface area contributed by atoms with E-state index < -0.39 is 0 Å². The maximum absolute atomic E-state index is 9.53. The molecule has 7 heteroatoms. The molecular weight excluding hydrogens is 330 g/mol. The summed E-state index contributed by atoms with van der Waals surface area (Å²) in [5.74, 6) is 2.06. The summed E-state index contributed by atoms with van der Waals surface area (Å²) in [6.07, 6.45) is 2.40. The largest absolute Gasteiger partial charge is 0.494 e. The molecule has 140 valence electrons. The Labute approximate surface area is 154 Å². The molecule has 2 aromatic rings. The molecule has 1 fully saturated rings. The maximum atomic E-state index is 9.53. The van der Waals surface area contributed by atoms with E-state index in [4.69, 9.17) is 10.5 Å². The molecule has 0 amide bonds. The molecule has 1 unspecified atom stereocenters. The van der Waals surface area contributed by atoms with Crippen molar-refractivity contribution in [3.8, 4) is 5.75 Å². The first-order valence-corrected chi connectivity index (χ1v) is 9.10. The van der Waals surface area contributed by atoms with E-state index in [1.807, 2.05) is 31.2 Å². The zero-order chi connectivity index (χ0) is 18.4. The van der Waals surface area contributed by atoms with Crippen LogP contribution in [0.4, 0.5) is 11.8 Å². The molecule has 0 bridgehead atoms. The van der Waals surface area contributed by atoms with E-state index in [0.717, 1.165) is 37.7 Å². The Balaban J connectivity index is 1.73. The van der Waals surface area contributed by atoms with Gasteiger partial charge in [-0.05, 0) is 25.5 Å². The number of para-hydroxylation sites is 1. The fraction of sp³-hybridized carbons (Fsp3) is 0.474. The third kappa shape index (κ3) is 4.42. The lowest BCUT2D eigenvalue weighted by molar-refractivity contribution is 0.134. The number of ether oxygens (including phenoxy) is 1. The third-order valence-corrected chi connectivity index (χ3v) is 4.70. The van der Waals surface area contributed by atoms with Crippen LogP contribution in [0.1, 0.15) is 18.9 Å². The zero-order valence-corrected chi connectivity index (χ0v) is 15.2. The quantitative estimate of drug-likeness (QED) is 0.777. The van der Waals surface area contributed by atoms with Gasteiger partial charge in [0.05, 0.1) is 6.61 Å². The van der Waals surface area contributed by atoms with Crippen LogP contribution in [0.25, 0.3) is 0 Å². The van der Waals surface area contributed by atoms with Crippen LogP contribution in [-0.4, -0.2) is 58.9 Å². The fourth-order valence-electron chi connectivity index (χ4n) is 3.42. The highest BCUT2D eigenvalue weighted by molar-refractivity contribution is 5.42. The molecule has 1 aromatic heterocycles. The molecule has 0 radical (unpaired) electrons. The Kier molecular flexibility index (Phi) is 6.25. The number of nitrogens with two attached hydrogens (primary N) is 1. The van der Waals surface area contributed by atoms with Crippen LogP contribution in [-0.2, 0) is 6.54 Å². The molecule has 3 N–H and O–H groups in total. The number of anilines is 2. The van der Waals surface area contributed by atoms with Crippen LogP contribution in [0.5, 0.6) is 5.75 Å². The van der Waals surface area contributed by atoms with Gasteiger partial charge < -0.3 is 20.5 Å². The molecule has 0 saturated carbocycles. The van der Waals surface area contributed by atoms with Crippen molar-refractivity contribution in [2.75, 3.05) is 43.5 Å². The number of aliphatic hydroxyl groups is 1. The van der Waals surface area contributed by atoms with Crippen molar-refractivity contribution in [1.29, 1.82) is 0 Å². The Bertz CT molecular complexity index is 712. The predicted octanol–water partition coefficient (Wildman–Crippen LogP) is 1.53. The molecule has 1 saturated heterocycles. The van der Waals surface area contributed by atoms with E-state index in [0.29, 0.717) is 13.0 Å². The van der Waals surface area contributed by atoms with Crippen molar-refractivity contribution >= 4 is 11.8 Å². The fourth-order valence-corrected chi connectivity index (χ4v) is 3.42. The highest BCUT2D eigenvalue weighted by atomic mass is 16.5. The normalized spacial score (nSPS) is 18.1. The second-order valence-electron chi connectivity index (χ2n) is 6.40. The number of aliphatic hydroxyl groups excluding tert-OH is 1. The van der Waals surface area contributed by atoms with Gasteiger partial charge in [0, 0.05) is 50.6 Å². The van der Waals surface area contributed by atoms with Crippen LogP contribution < -0.4 is 15.4 Å². The second-order valence-corrected chi connectivity index (χ2v) is 6.40. The van der Waals surface area contributed by atoms with Gasteiger partial charge in [-0.25, -0.2) is 4.98 Å². The summed E-state index contributed by atoms with van der Waals surface area (Å²) in [5, 5.41) is 9.53. The first kappa shape index (κ1) is 18.4. The molecule has 1 aliphatic heterocycles. The Hall–Kier alpha value is -2.38. The molecule has 0 aliphatic carbocycles. The third-order valence-electron chi connectivity index (χ3n) is 4.70. The van der Waals surface area contributed by atoms with Crippen molar-refractivity contribution in [3.63, 3.8) is 0 Å². The van der Waals surface area contributed by atoms with Crippen LogP contribution in [0.2, 0.25) is 0 Å². The number of hydrogen-bond acceptors (Lipinski definition) is 7. The maximum Gasteiger partial charge on any atom is 0.221 e. The number of nitrogen functional groups attached to an aromatic ring is 1. The van der Waals surface area contributed by atoms with E-state index >= 15 is 0 Å². The topological polar surface area (TPSA) is 87.7 Å². The van der Waals surface area contributed by atoms with Crippen molar-refractivity contribution in [2.45, 2.75) is 25.9 Å². The Morgan fingerprint density at radius 3 is 2.88 bits per heavy atom. The van der Waals surface area contributed by atoms with Gasteiger partial charge in [0.2, 0.25) is 5.95 Å². The van der Waals surface area contributed by atoms with E-state index in [-0.39, 0.29) is 18.6 Å². The van der Waals surface area contributed by atoms with Gasteiger partial charge in [-0.1, -0.05) is 18.2 Å². The van der Waals surface area contributed by atoms with Gasteiger partial charge in [-0.15, -0.1) is 0 Å². The van der Waals surface area contributed by atoms with E-state index in [2.05, 4.69) is 25.8 Å². The number of hydrogen-bond donors (Lipinski definition) is 2. The van der Waals surface area contributed by atoms with Crippen LogP contribution >= 0.6 is 0 Å². The van der Waals surface area contributed by atoms with E-state index in [1.54, 1.807) is 6.20 Å². The van der Waals surface area contributed by atoms with Crippen LogP contribution in [0.3, 0.4) is 0 Å². The van der Waals surface area contributed by atoms with Crippen molar-refractivity contribution in [3.05, 3.63) is 42.1 Å². The Morgan fingerprint density at radius 1 is 1.27 bits per heavy atom. The monoisotopic (exact) mass is 357 g/mol. The standard InChI is InChI=1S/C19H27N5O2/c1-2-26-17-6-4-3-5-15(17)13-23-10-11-24(14-16(23)8-12-25)18-7-9-21-19(20)22-18/h3-7,9,16,25H,2,8,10-14H2,1H3,(H2,20,21,22). The van der Waals surface area contributed by atoms with Gasteiger partial charge in [0.1, 0.15) is 11.6 Å². The van der Waals surface area contributed by atoms with Crippen molar-refractivity contribution < 1.29 is 9.84 Å². The first-order chi connectivity index (χ1) is 12.7. The van der Waals surface area contributed by atoms with E-state index in [1.165, 1.54) is 5.56 Å². The molecule has 26 heavy (non-hydrogen) atoms. The summed E-state index contributed by atoms with van der Waals surface area (Å²) in [6.45, 7) is 6.16. The molecule has 7 nitrogen and oxygen atoms in total. The highest BCUT2D eigenvalue weighted by Gasteiger charge is 2.28. The zero-order valence-electron chi connectivity index (χ0n) is 15.2. The predicted molar refractivity (Wildman–Crippen MR) is 102 cm³/mol. The van der Waals surface area contributed by atoms with Crippen LogP contribution in [0.15, 0.2) is 36.5 Å². The van der Waals surface area contributed by atoms with Gasteiger partial charge in [0.15, 0.2) is 0 Å². The lowest BCUT2D eigenvalue weighted by atomic mass is 10.1. The molecule has 0 spiro atoms. The van der Waals surface area contributed by atoms with Gasteiger partial charge in [-0.3, -0.25) is 4.90 Å². The summed E-state index contributed by atoms with van der Waals surface area (Å²) < 4.78 is 5.76. The Morgan fingerprint density at radius 2 is 2.12 bits per heavy atom. The van der Waals surface area contributed by atoms with Crippen molar-refractivity contribution in [1.82, 2.24) is 14.9 Å². The number of nitrogens with zero attached hydrogens (tertiary/aromatic N) is 4. The molecular formula is C19H27N5O2. The summed E-state index contributed by atoms with van der Waals surface area (Å²) in [6, 6.07) is 10.3. The molecule has 1 atom stereocenters. The molecule has 3 rings (SSSR count). The minimum Gasteiger partial charge on any atom is -0.494 e. The summed E-state index contributed by atoms with van der Waals surface area (Å²) >= 11 is 0. The van der Waals surface area contributed by atoms with Gasteiger partial charge in [-0.2, -0.15) is 4.98 Å². The van der Waals surface area contributed by atoms with Gasteiger partial charge in [0.25, 0.3) is 0 Å². The number of rotatable bonds is 7. The summed E-state index contributed by atoms with van der Waals surface area (Å²) in [4.78, 5) is 12.9. The smallest absolute Gasteiger partial charge is 0.221 e. The number of benzene rings is 1. The van der Waals surface area contributed by atoms with Gasteiger partial charge >= 0.3 is 0 Å². The lowest BCUT2D eigenvalue weighted by Gasteiger charge is -2.42. The second kappa shape index (κ2) is 8.82. The summed E-state index contributed by atoms with van der Waals surface area (Å²) in [7, 11) is 0. The average Bonchev–Trinajstić information content (AvgIpc) is 2.65. The molecule has 2 heterocycles. The minimum atomic E-state index is 0.161. The SMILES string of the molecule is CCOc1ccccc1CN1CCN(c2ccnc(N)n2)CC1CCO. The molecule has 1 aromatic carbocycles. The number of aromatic nitrogens is 2. The van der Waals surface area contributed by atoms with E-state index in [9.17, 15) is 5.11 Å². The van der Waals surface area contributed by atoms with Crippen LogP contribution in [0, 0.1) is 0 Å². The van der Waals surface area contributed by atoms with Crippen molar-refractivity contribution in [2.24, 2.45) is 0 Å². The summed E-state index contributed by atoms with van der Waals surface area (Å²) in [5.41, 5.74) is 6.90. The number of piperazine rings is 1. The minimum absolute atomic E-state index is 0.161. The first-order valence-electron chi connectivity index (χ1n) is 9.10.